The molecule has 0 aliphatic carbocycles. The van der Waals surface area contributed by atoms with Crippen molar-refractivity contribution in [2.24, 2.45) is 0 Å². The zero-order valence-electron chi connectivity index (χ0n) is 23.4. The van der Waals surface area contributed by atoms with E-state index in [0.29, 0.717) is 34.8 Å². The average molecular weight is 594 g/mol. The zero-order chi connectivity index (χ0) is 28.9. The van der Waals surface area contributed by atoms with Gasteiger partial charge < -0.3 is 4.90 Å². The van der Waals surface area contributed by atoms with Crippen molar-refractivity contribution in [2.75, 3.05) is 31.9 Å². The highest BCUT2D eigenvalue weighted by Crippen LogP contribution is 2.32. The Morgan fingerprint density at radius 1 is 0.810 bits per heavy atom. The zero-order valence-corrected chi connectivity index (χ0v) is 25.0. The molecule has 1 amide bonds. The number of nitrogens with zero attached hydrogens (tertiary/aromatic N) is 5. The van der Waals surface area contributed by atoms with E-state index < -0.39 is 0 Å². The van der Waals surface area contributed by atoms with Gasteiger partial charge in [0.1, 0.15) is 0 Å². The van der Waals surface area contributed by atoms with E-state index in [2.05, 4.69) is 75.8 Å². The summed E-state index contributed by atoms with van der Waals surface area (Å²) in [5.41, 5.74) is 5.36. The van der Waals surface area contributed by atoms with E-state index in [1.165, 1.54) is 22.9 Å². The van der Waals surface area contributed by atoms with Crippen LogP contribution in [-0.2, 0) is 4.79 Å². The summed E-state index contributed by atoms with van der Waals surface area (Å²) in [5.74, 6) is 1.10. The van der Waals surface area contributed by atoms with Gasteiger partial charge >= 0.3 is 0 Å². The quantitative estimate of drug-likeness (QED) is 0.183. The number of aromatic nitrogens is 3. The number of carbonyl (C=O) groups is 1. The van der Waals surface area contributed by atoms with Crippen molar-refractivity contribution in [2.45, 2.75) is 18.1 Å². The van der Waals surface area contributed by atoms with Gasteiger partial charge in [-0.15, -0.1) is 10.2 Å². The van der Waals surface area contributed by atoms with E-state index in [0.717, 1.165) is 29.9 Å². The second-order valence-corrected chi connectivity index (χ2v) is 11.7. The lowest BCUT2D eigenvalue weighted by molar-refractivity contribution is -0.130. The molecular formula is C34H32ClN5OS. The number of carbonyl (C=O) groups excluding carboxylic acids is 1. The molecule has 4 aromatic carbocycles. The number of para-hydroxylation sites is 1. The predicted octanol–water partition coefficient (Wildman–Crippen LogP) is 6.92. The van der Waals surface area contributed by atoms with Crippen LogP contribution in [-0.4, -0.2) is 62.4 Å². The first-order chi connectivity index (χ1) is 20.6. The fourth-order valence-corrected chi connectivity index (χ4v) is 6.46. The third kappa shape index (κ3) is 6.14. The lowest BCUT2D eigenvalue weighted by Crippen LogP contribution is -2.50. The number of rotatable bonds is 8. The molecule has 0 unspecified atom stereocenters. The number of halogens is 1. The fraction of sp³-hybridized carbons (Fsp3) is 0.206. The summed E-state index contributed by atoms with van der Waals surface area (Å²) < 4.78 is 2.00. The van der Waals surface area contributed by atoms with Gasteiger partial charge in [0, 0.05) is 42.5 Å². The Morgan fingerprint density at radius 3 is 2.00 bits per heavy atom. The second kappa shape index (κ2) is 12.9. The summed E-state index contributed by atoms with van der Waals surface area (Å²) in [7, 11) is 0. The third-order valence-corrected chi connectivity index (χ3v) is 8.99. The Hall–Kier alpha value is -3.91. The Kier molecular flexibility index (Phi) is 8.70. The van der Waals surface area contributed by atoms with Gasteiger partial charge in [0.15, 0.2) is 11.0 Å². The van der Waals surface area contributed by atoms with Crippen LogP contribution in [0.2, 0.25) is 5.02 Å². The number of thioether (sulfide) groups is 1. The van der Waals surface area contributed by atoms with Crippen molar-refractivity contribution in [1.29, 1.82) is 0 Å². The summed E-state index contributed by atoms with van der Waals surface area (Å²) in [6.07, 6.45) is 0. The van der Waals surface area contributed by atoms with Gasteiger partial charge in [-0.05, 0) is 41.8 Å². The van der Waals surface area contributed by atoms with Gasteiger partial charge in [-0.1, -0.05) is 114 Å². The second-order valence-electron chi connectivity index (χ2n) is 10.4. The van der Waals surface area contributed by atoms with Crippen molar-refractivity contribution >= 4 is 29.3 Å². The van der Waals surface area contributed by atoms with Crippen LogP contribution in [0.5, 0.6) is 0 Å². The van der Waals surface area contributed by atoms with E-state index >= 15 is 0 Å². The summed E-state index contributed by atoms with van der Waals surface area (Å²) in [5, 5.41) is 10.4. The summed E-state index contributed by atoms with van der Waals surface area (Å²) in [6, 6.07) is 37.3. The van der Waals surface area contributed by atoms with Crippen molar-refractivity contribution in [1.82, 2.24) is 24.6 Å². The topological polar surface area (TPSA) is 54.3 Å². The number of hydrogen-bond acceptors (Lipinski definition) is 5. The van der Waals surface area contributed by atoms with Gasteiger partial charge in [-0.2, -0.15) is 0 Å². The van der Waals surface area contributed by atoms with E-state index in [1.54, 1.807) is 0 Å². The molecule has 0 spiro atoms. The SMILES string of the molecule is Cc1ccc(-c2nnc(SCC(=O)N3CCN(C(c4ccccc4)c4ccccc4)CC3)n2-c2ccccc2)cc1Cl. The van der Waals surface area contributed by atoms with E-state index in [1.807, 2.05) is 64.9 Å². The van der Waals surface area contributed by atoms with Crippen LogP contribution in [0.1, 0.15) is 22.7 Å². The first kappa shape index (κ1) is 28.2. The molecule has 0 atom stereocenters. The molecule has 42 heavy (non-hydrogen) atoms. The number of aryl methyl sites for hydroxylation is 1. The molecule has 6 rings (SSSR count). The van der Waals surface area contributed by atoms with E-state index in [-0.39, 0.29) is 11.9 Å². The van der Waals surface area contributed by atoms with Gasteiger partial charge in [0.25, 0.3) is 0 Å². The van der Waals surface area contributed by atoms with E-state index in [4.69, 9.17) is 11.6 Å². The van der Waals surface area contributed by atoms with Crippen LogP contribution in [0.4, 0.5) is 0 Å². The molecule has 6 nitrogen and oxygen atoms in total. The molecule has 1 fully saturated rings. The molecule has 0 saturated carbocycles. The monoisotopic (exact) mass is 593 g/mol. The van der Waals surface area contributed by atoms with Crippen LogP contribution in [0, 0.1) is 6.92 Å². The van der Waals surface area contributed by atoms with Crippen LogP contribution < -0.4 is 0 Å². The van der Waals surface area contributed by atoms with Crippen molar-refractivity contribution in [3.05, 3.63) is 131 Å². The summed E-state index contributed by atoms with van der Waals surface area (Å²) in [6.45, 7) is 4.97. The van der Waals surface area contributed by atoms with Crippen LogP contribution in [0.25, 0.3) is 17.1 Å². The maximum Gasteiger partial charge on any atom is 0.233 e. The first-order valence-electron chi connectivity index (χ1n) is 14.1. The predicted molar refractivity (Wildman–Crippen MR) is 170 cm³/mol. The molecule has 1 aromatic heterocycles. The van der Waals surface area contributed by atoms with Gasteiger partial charge in [-0.25, -0.2) is 0 Å². The van der Waals surface area contributed by atoms with E-state index in [9.17, 15) is 4.79 Å². The minimum absolute atomic E-state index is 0.109. The standard InChI is InChI=1S/C34H32ClN5OS/c1-25-17-18-28(23-30(25)35)33-36-37-34(40(33)29-15-9-4-10-16-29)42-24-31(41)38-19-21-39(22-20-38)32(26-11-5-2-6-12-26)27-13-7-3-8-14-27/h2-18,23,32H,19-22,24H2,1H3. The Bertz CT molecular complexity index is 1600. The number of benzene rings is 4. The summed E-state index contributed by atoms with van der Waals surface area (Å²) >= 11 is 7.86. The molecule has 8 heteroatoms. The third-order valence-electron chi connectivity index (χ3n) is 7.67. The molecular weight excluding hydrogens is 562 g/mol. The first-order valence-corrected chi connectivity index (χ1v) is 15.5. The van der Waals surface area contributed by atoms with Gasteiger partial charge in [-0.3, -0.25) is 14.3 Å². The molecule has 1 aliphatic heterocycles. The number of hydrogen-bond donors (Lipinski definition) is 0. The Morgan fingerprint density at radius 2 is 1.40 bits per heavy atom. The molecule has 1 saturated heterocycles. The molecule has 0 N–H and O–H groups in total. The van der Waals surface area contributed by atoms with Gasteiger partial charge in [0.05, 0.1) is 11.8 Å². The van der Waals surface area contributed by atoms with Crippen molar-refractivity contribution in [3.8, 4) is 17.1 Å². The minimum atomic E-state index is 0.109. The highest BCUT2D eigenvalue weighted by Gasteiger charge is 2.28. The molecule has 0 bridgehead atoms. The number of piperazine rings is 1. The Balaban J connectivity index is 1.16. The highest BCUT2D eigenvalue weighted by molar-refractivity contribution is 7.99. The molecule has 2 heterocycles. The maximum absolute atomic E-state index is 13.4. The van der Waals surface area contributed by atoms with Crippen molar-refractivity contribution in [3.63, 3.8) is 0 Å². The molecule has 0 radical (unpaired) electrons. The van der Waals surface area contributed by atoms with Crippen molar-refractivity contribution < 1.29 is 4.79 Å². The smallest absolute Gasteiger partial charge is 0.233 e. The fourth-order valence-electron chi connectivity index (χ4n) is 5.42. The normalized spacial score (nSPS) is 13.9. The highest BCUT2D eigenvalue weighted by atomic mass is 35.5. The minimum Gasteiger partial charge on any atom is -0.339 e. The van der Waals surface area contributed by atoms with Crippen LogP contribution in [0.3, 0.4) is 0 Å². The lowest BCUT2D eigenvalue weighted by atomic mass is 9.96. The summed E-state index contributed by atoms with van der Waals surface area (Å²) in [4.78, 5) is 17.9. The van der Waals surface area contributed by atoms with Crippen LogP contribution in [0.15, 0.2) is 114 Å². The maximum atomic E-state index is 13.4. The molecule has 5 aromatic rings. The molecule has 1 aliphatic rings. The Labute approximate surface area is 256 Å². The van der Waals surface area contributed by atoms with Gasteiger partial charge in [0.2, 0.25) is 5.91 Å². The number of amides is 1. The largest absolute Gasteiger partial charge is 0.339 e. The average Bonchev–Trinajstić information content (AvgIpc) is 3.47. The van der Waals surface area contributed by atoms with Crippen LogP contribution >= 0.6 is 23.4 Å². The lowest BCUT2D eigenvalue weighted by Gasteiger charge is -2.39. The molecule has 212 valence electrons.